The van der Waals surface area contributed by atoms with Crippen molar-refractivity contribution in [2.75, 3.05) is 31.3 Å². The number of aliphatic hydroxyl groups is 1. The van der Waals surface area contributed by atoms with Crippen LogP contribution in [0.15, 0.2) is 0 Å². The van der Waals surface area contributed by atoms with Gasteiger partial charge in [-0.3, -0.25) is 0 Å². The Hall–Kier alpha value is 0.870. The van der Waals surface area contributed by atoms with E-state index in [0.29, 0.717) is 6.61 Å². The molecular weight excluding hydrogens is 367 g/mol. The summed E-state index contributed by atoms with van der Waals surface area (Å²) >= 11 is 0. The van der Waals surface area contributed by atoms with Crippen molar-refractivity contribution in [1.82, 2.24) is 0 Å². The summed E-state index contributed by atoms with van der Waals surface area (Å²) in [6.07, 6.45) is 22.2. The number of unbranched alkanes of at least 4 members (excludes halogenated alkanes) is 9. The summed E-state index contributed by atoms with van der Waals surface area (Å²) < 4.78 is 0. The van der Waals surface area contributed by atoms with Crippen molar-refractivity contribution in [1.29, 1.82) is 0 Å². The molecule has 0 radical (unpaired) electrons. The van der Waals surface area contributed by atoms with Gasteiger partial charge in [0.05, 0.1) is 31.3 Å². The molecule has 0 aliphatic carbocycles. The molecular formula is C20H44BrOP. The number of aliphatic hydroxyl groups excluding tert-OH is 1. The first kappa shape index (κ1) is 26.1. The quantitative estimate of drug-likeness (QED) is 0.286. The summed E-state index contributed by atoms with van der Waals surface area (Å²) in [5.41, 5.74) is 0. The minimum Gasteiger partial charge on any atom is -1.00 e. The monoisotopic (exact) mass is 410 g/mol. The van der Waals surface area contributed by atoms with E-state index in [9.17, 15) is 5.11 Å². The molecule has 0 bridgehead atoms. The number of rotatable bonds is 17. The van der Waals surface area contributed by atoms with E-state index >= 15 is 0 Å². The lowest BCUT2D eigenvalue weighted by atomic mass is 10.2. The predicted octanol–water partition coefficient (Wildman–Crippen LogP) is 3.74. The van der Waals surface area contributed by atoms with E-state index in [0.717, 1.165) is 6.16 Å². The fourth-order valence-electron chi connectivity index (χ4n) is 3.50. The number of hydrogen-bond donors (Lipinski definition) is 1. The molecule has 0 saturated carbocycles. The van der Waals surface area contributed by atoms with Crippen LogP contribution in [0.4, 0.5) is 0 Å². The van der Waals surface area contributed by atoms with Crippen molar-refractivity contribution in [2.45, 2.75) is 97.8 Å². The molecule has 0 heterocycles. The van der Waals surface area contributed by atoms with E-state index in [2.05, 4.69) is 20.8 Å². The first-order chi connectivity index (χ1) is 10.7. The van der Waals surface area contributed by atoms with E-state index in [1.807, 2.05) is 0 Å². The van der Waals surface area contributed by atoms with Gasteiger partial charge >= 0.3 is 0 Å². The van der Waals surface area contributed by atoms with Gasteiger partial charge in [-0.25, -0.2) is 0 Å². The maximum atomic E-state index is 9.64. The lowest BCUT2D eigenvalue weighted by molar-refractivity contribution is -0.00000622. The summed E-state index contributed by atoms with van der Waals surface area (Å²) in [6, 6.07) is 0. The molecule has 0 aliphatic rings. The van der Waals surface area contributed by atoms with Gasteiger partial charge in [0.1, 0.15) is 0 Å². The Morgan fingerprint density at radius 3 is 1.13 bits per heavy atom. The summed E-state index contributed by atoms with van der Waals surface area (Å²) in [6.45, 7) is 7.33. The van der Waals surface area contributed by atoms with E-state index < -0.39 is 7.26 Å². The van der Waals surface area contributed by atoms with Gasteiger partial charge in [-0.15, -0.1) is 0 Å². The van der Waals surface area contributed by atoms with Gasteiger partial charge in [-0.2, -0.15) is 0 Å². The van der Waals surface area contributed by atoms with Gasteiger partial charge in [0.15, 0.2) is 0 Å². The molecule has 0 unspecified atom stereocenters. The molecule has 0 saturated heterocycles. The lowest BCUT2D eigenvalue weighted by Crippen LogP contribution is -3.00. The van der Waals surface area contributed by atoms with Gasteiger partial charge in [-0.1, -0.05) is 59.3 Å². The van der Waals surface area contributed by atoms with Crippen molar-refractivity contribution < 1.29 is 22.1 Å². The molecule has 1 nitrogen and oxygen atoms in total. The second-order valence-electron chi connectivity index (χ2n) is 7.14. The third-order valence-corrected chi connectivity index (χ3v) is 9.98. The Bertz CT molecular complexity index is 192. The van der Waals surface area contributed by atoms with Crippen LogP contribution in [-0.4, -0.2) is 36.4 Å². The van der Waals surface area contributed by atoms with E-state index in [4.69, 9.17) is 0 Å². The standard InChI is InChI=1S/C20H44OP.BrH/c1-4-7-10-13-17-22(20-16-21,18-14-11-8-5-2)19-15-12-9-6-3;/h21H,4-20H2,1-3H3;1H/q+1;/p-1. The van der Waals surface area contributed by atoms with Crippen LogP contribution in [0.1, 0.15) is 97.8 Å². The fourth-order valence-corrected chi connectivity index (χ4v) is 7.95. The highest BCUT2D eigenvalue weighted by Crippen LogP contribution is 2.60. The third-order valence-electron chi connectivity index (χ3n) is 5.03. The molecule has 0 fully saturated rings. The first-order valence-electron chi connectivity index (χ1n) is 10.2. The molecule has 0 spiro atoms. The zero-order valence-electron chi connectivity index (χ0n) is 16.3. The summed E-state index contributed by atoms with van der Waals surface area (Å²) in [4.78, 5) is 0. The number of halogens is 1. The summed E-state index contributed by atoms with van der Waals surface area (Å²) in [5, 5.41) is 9.64. The van der Waals surface area contributed by atoms with Crippen LogP contribution in [0.25, 0.3) is 0 Å². The van der Waals surface area contributed by atoms with E-state index in [1.165, 1.54) is 95.5 Å². The first-order valence-corrected chi connectivity index (χ1v) is 12.7. The second-order valence-corrected chi connectivity index (χ2v) is 11.6. The Labute approximate surface area is 158 Å². The lowest BCUT2D eigenvalue weighted by Gasteiger charge is -2.27. The van der Waals surface area contributed by atoms with Crippen molar-refractivity contribution in [3.8, 4) is 0 Å². The molecule has 0 aromatic rings. The molecule has 3 heteroatoms. The molecule has 0 aromatic heterocycles. The maximum Gasteiger partial charge on any atom is 0.0825 e. The minimum atomic E-state index is -0.867. The van der Waals surface area contributed by atoms with Crippen LogP contribution in [0.3, 0.4) is 0 Å². The van der Waals surface area contributed by atoms with Crippen molar-refractivity contribution >= 4 is 7.26 Å². The van der Waals surface area contributed by atoms with Crippen LogP contribution >= 0.6 is 7.26 Å². The average molecular weight is 411 g/mol. The zero-order valence-corrected chi connectivity index (χ0v) is 18.8. The van der Waals surface area contributed by atoms with Crippen LogP contribution in [0.5, 0.6) is 0 Å². The van der Waals surface area contributed by atoms with Crippen molar-refractivity contribution in [3.63, 3.8) is 0 Å². The smallest absolute Gasteiger partial charge is 0.0825 e. The summed E-state index contributed by atoms with van der Waals surface area (Å²) in [7, 11) is -0.867. The molecule has 1 N–H and O–H groups in total. The predicted molar refractivity (Wildman–Crippen MR) is 106 cm³/mol. The highest BCUT2D eigenvalue weighted by Gasteiger charge is 2.34. The minimum absolute atomic E-state index is 0. The maximum absolute atomic E-state index is 9.64. The Kier molecular flexibility index (Phi) is 21.8. The molecule has 0 aromatic carbocycles. The molecule has 0 amide bonds. The van der Waals surface area contributed by atoms with Crippen LogP contribution < -0.4 is 17.0 Å². The Morgan fingerprint density at radius 1 is 0.522 bits per heavy atom. The van der Waals surface area contributed by atoms with E-state index in [1.54, 1.807) is 0 Å². The topological polar surface area (TPSA) is 20.2 Å². The SMILES string of the molecule is CCCCCC[P+](CCO)(CCCCCC)CCCCCC.[Br-]. The molecule has 0 rings (SSSR count). The van der Waals surface area contributed by atoms with Gasteiger partial charge in [0.25, 0.3) is 0 Å². The van der Waals surface area contributed by atoms with Crippen LogP contribution in [-0.2, 0) is 0 Å². The summed E-state index contributed by atoms with van der Waals surface area (Å²) in [5.74, 6) is 0. The van der Waals surface area contributed by atoms with Crippen molar-refractivity contribution in [2.24, 2.45) is 0 Å². The zero-order chi connectivity index (χ0) is 16.5. The van der Waals surface area contributed by atoms with Crippen molar-refractivity contribution in [3.05, 3.63) is 0 Å². The van der Waals surface area contributed by atoms with Crippen LogP contribution in [0.2, 0.25) is 0 Å². The fraction of sp³-hybridized carbons (Fsp3) is 1.00. The Balaban J connectivity index is 0. The Morgan fingerprint density at radius 2 is 0.870 bits per heavy atom. The van der Waals surface area contributed by atoms with Gasteiger partial charge in [0, 0.05) is 7.26 Å². The molecule has 23 heavy (non-hydrogen) atoms. The normalized spacial score (nSPS) is 11.5. The van der Waals surface area contributed by atoms with E-state index in [-0.39, 0.29) is 17.0 Å². The van der Waals surface area contributed by atoms with Gasteiger partial charge in [0.2, 0.25) is 0 Å². The largest absolute Gasteiger partial charge is 1.00 e. The third kappa shape index (κ3) is 14.9. The molecule has 0 aliphatic heterocycles. The average Bonchev–Trinajstić information content (AvgIpc) is 2.53. The van der Waals surface area contributed by atoms with Crippen LogP contribution in [0, 0.1) is 0 Å². The molecule has 142 valence electrons. The molecule has 0 atom stereocenters. The highest BCUT2D eigenvalue weighted by molar-refractivity contribution is 7.75. The second kappa shape index (κ2) is 19.2. The highest BCUT2D eigenvalue weighted by atomic mass is 79.9. The van der Waals surface area contributed by atoms with Gasteiger partial charge < -0.3 is 22.1 Å². The number of hydrogen-bond acceptors (Lipinski definition) is 1. The van der Waals surface area contributed by atoms with Gasteiger partial charge in [-0.05, 0) is 38.5 Å².